The Hall–Kier alpha value is -0.920. The number of thioether (sulfide) groups is 1. The van der Waals surface area contributed by atoms with Crippen molar-refractivity contribution < 1.29 is 9.90 Å². The monoisotopic (exact) mass is 272 g/mol. The first-order chi connectivity index (χ1) is 7.77. The largest absolute Gasteiger partial charge is 0.481 e. The van der Waals surface area contributed by atoms with E-state index in [0.29, 0.717) is 5.75 Å². The fraction of sp³-hybridized carbons (Fsp3) is 0.222. The van der Waals surface area contributed by atoms with E-state index in [4.69, 9.17) is 5.11 Å². The van der Waals surface area contributed by atoms with Crippen LogP contribution in [-0.4, -0.2) is 26.4 Å². The van der Waals surface area contributed by atoms with Gasteiger partial charge in [0.2, 0.25) is 0 Å². The quantitative estimate of drug-likeness (QED) is 0.848. The number of aliphatic carboxylic acids is 1. The minimum Gasteiger partial charge on any atom is -0.481 e. The molecule has 2 aromatic heterocycles. The maximum Gasteiger partial charge on any atom is 0.304 e. The van der Waals surface area contributed by atoms with Crippen molar-refractivity contribution in [2.75, 3.05) is 5.75 Å². The molecule has 0 atom stereocenters. The van der Waals surface area contributed by atoms with Crippen molar-refractivity contribution in [2.45, 2.75) is 11.4 Å². The Morgan fingerprint density at radius 2 is 2.44 bits per heavy atom. The fourth-order valence-corrected chi connectivity index (χ4v) is 3.69. The molecule has 0 fully saturated rings. The van der Waals surface area contributed by atoms with E-state index in [1.165, 1.54) is 23.3 Å². The van der Waals surface area contributed by atoms with Crippen LogP contribution >= 0.6 is 34.6 Å². The van der Waals surface area contributed by atoms with Crippen LogP contribution in [0.15, 0.2) is 22.5 Å². The molecule has 0 aliphatic heterocycles. The van der Waals surface area contributed by atoms with E-state index in [1.807, 2.05) is 17.5 Å². The minimum absolute atomic E-state index is 0.145. The molecule has 0 aliphatic rings. The lowest BCUT2D eigenvalue weighted by Crippen LogP contribution is -1.95. The molecule has 2 aromatic rings. The number of nitrogens with zero attached hydrogens (tertiary/aromatic N) is 2. The van der Waals surface area contributed by atoms with Gasteiger partial charge in [0.15, 0.2) is 0 Å². The van der Waals surface area contributed by atoms with Crippen molar-refractivity contribution in [2.24, 2.45) is 0 Å². The molecule has 7 heteroatoms. The molecular weight excluding hydrogens is 264 g/mol. The first-order valence-electron chi connectivity index (χ1n) is 4.48. The Morgan fingerprint density at radius 3 is 3.12 bits per heavy atom. The summed E-state index contributed by atoms with van der Waals surface area (Å²) < 4.78 is 3.91. The van der Waals surface area contributed by atoms with Crippen molar-refractivity contribution >= 4 is 40.6 Å². The number of hydrogen-bond acceptors (Lipinski definition) is 6. The summed E-state index contributed by atoms with van der Waals surface area (Å²) >= 11 is 4.43. The lowest BCUT2D eigenvalue weighted by atomic mass is 10.4. The van der Waals surface area contributed by atoms with Gasteiger partial charge in [-0.25, -0.2) is 0 Å². The molecule has 0 aromatic carbocycles. The highest BCUT2D eigenvalue weighted by Gasteiger charge is 2.12. The maximum absolute atomic E-state index is 10.4. The second kappa shape index (κ2) is 5.42. The molecule has 84 valence electrons. The Bertz CT molecular complexity index is 467. The number of carboxylic acid groups (broad SMARTS) is 1. The second-order valence-electron chi connectivity index (χ2n) is 2.88. The lowest BCUT2D eigenvalue weighted by Gasteiger charge is -1.96. The van der Waals surface area contributed by atoms with Gasteiger partial charge in [0, 0.05) is 10.6 Å². The number of hydrogen-bond donors (Lipinski definition) is 1. The van der Waals surface area contributed by atoms with Gasteiger partial charge in [-0.05, 0) is 23.0 Å². The average Bonchev–Trinajstić information content (AvgIpc) is 2.84. The van der Waals surface area contributed by atoms with Crippen molar-refractivity contribution in [3.63, 3.8) is 0 Å². The van der Waals surface area contributed by atoms with Gasteiger partial charge in [-0.15, -0.1) is 28.2 Å². The third-order valence-electron chi connectivity index (χ3n) is 1.76. The van der Waals surface area contributed by atoms with Crippen LogP contribution in [0.3, 0.4) is 0 Å². The zero-order valence-corrected chi connectivity index (χ0v) is 10.6. The first kappa shape index (κ1) is 11.6. The van der Waals surface area contributed by atoms with Gasteiger partial charge in [-0.3, -0.25) is 4.79 Å². The van der Waals surface area contributed by atoms with Crippen LogP contribution in [0.5, 0.6) is 0 Å². The number of thiophene rings is 1. The third kappa shape index (κ3) is 2.81. The SMILES string of the molecule is O=C(O)CCSc1nnsc1-c1cccs1. The van der Waals surface area contributed by atoms with Gasteiger partial charge in [0.05, 0.1) is 11.3 Å². The third-order valence-corrected chi connectivity index (χ3v) is 4.63. The predicted molar refractivity (Wildman–Crippen MR) is 66.2 cm³/mol. The van der Waals surface area contributed by atoms with Gasteiger partial charge in [-0.1, -0.05) is 10.6 Å². The highest BCUT2D eigenvalue weighted by Crippen LogP contribution is 2.35. The first-order valence-corrected chi connectivity index (χ1v) is 7.12. The van der Waals surface area contributed by atoms with Crippen molar-refractivity contribution in [3.05, 3.63) is 17.5 Å². The summed E-state index contributed by atoms with van der Waals surface area (Å²) in [4.78, 5) is 12.6. The molecule has 16 heavy (non-hydrogen) atoms. The number of aromatic nitrogens is 2. The van der Waals surface area contributed by atoms with E-state index in [-0.39, 0.29) is 6.42 Å². The van der Waals surface area contributed by atoms with Crippen molar-refractivity contribution in [3.8, 4) is 9.75 Å². The van der Waals surface area contributed by atoms with E-state index in [0.717, 1.165) is 14.8 Å². The Labute approximate surface area is 104 Å². The van der Waals surface area contributed by atoms with Gasteiger partial charge in [0.1, 0.15) is 5.03 Å². The van der Waals surface area contributed by atoms with Crippen LogP contribution in [0.25, 0.3) is 9.75 Å². The highest BCUT2D eigenvalue weighted by molar-refractivity contribution is 7.99. The van der Waals surface area contributed by atoms with Crippen LogP contribution in [0, 0.1) is 0 Å². The van der Waals surface area contributed by atoms with Crippen LogP contribution in [0.4, 0.5) is 0 Å². The topological polar surface area (TPSA) is 63.1 Å². The minimum atomic E-state index is -0.784. The molecule has 4 nitrogen and oxygen atoms in total. The van der Waals surface area contributed by atoms with E-state index >= 15 is 0 Å². The fourth-order valence-electron chi connectivity index (χ4n) is 1.07. The van der Waals surface area contributed by atoms with Crippen LogP contribution in [0.2, 0.25) is 0 Å². The van der Waals surface area contributed by atoms with Crippen LogP contribution in [-0.2, 0) is 4.79 Å². The summed E-state index contributed by atoms with van der Waals surface area (Å²) in [5, 5.41) is 15.4. The molecule has 0 spiro atoms. The maximum atomic E-state index is 10.4. The summed E-state index contributed by atoms with van der Waals surface area (Å²) in [6.45, 7) is 0. The molecule has 0 radical (unpaired) electrons. The number of carboxylic acids is 1. The summed E-state index contributed by atoms with van der Waals surface area (Å²) in [5.74, 6) is -0.257. The molecule has 0 unspecified atom stereocenters. The van der Waals surface area contributed by atoms with E-state index in [2.05, 4.69) is 9.59 Å². The molecule has 0 saturated heterocycles. The van der Waals surface area contributed by atoms with E-state index in [1.54, 1.807) is 11.3 Å². The molecular formula is C9H8N2O2S3. The Morgan fingerprint density at radius 1 is 1.56 bits per heavy atom. The zero-order chi connectivity index (χ0) is 11.4. The van der Waals surface area contributed by atoms with Crippen LogP contribution < -0.4 is 0 Å². The molecule has 0 amide bonds. The number of carbonyl (C=O) groups is 1. The molecule has 0 saturated carbocycles. The Balaban J connectivity index is 2.05. The lowest BCUT2D eigenvalue weighted by molar-refractivity contribution is -0.136. The molecule has 0 bridgehead atoms. The summed E-state index contributed by atoms with van der Waals surface area (Å²) in [6.07, 6.45) is 0.145. The summed E-state index contributed by atoms with van der Waals surface area (Å²) in [7, 11) is 0. The Kier molecular flexibility index (Phi) is 3.92. The average molecular weight is 272 g/mol. The molecule has 0 aliphatic carbocycles. The van der Waals surface area contributed by atoms with Gasteiger partial charge in [-0.2, -0.15) is 0 Å². The zero-order valence-electron chi connectivity index (χ0n) is 8.12. The normalized spacial score (nSPS) is 10.5. The number of rotatable bonds is 5. The van der Waals surface area contributed by atoms with Gasteiger partial charge < -0.3 is 5.11 Å². The summed E-state index contributed by atoms with van der Waals surface area (Å²) in [5.41, 5.74) is 0. The second-order valence-corrected chi connectivity index (χ2v) is 5.66. The van der Waals surface area contributed by atoms with E-state index < -0.39 is 5.97 Å². The van der Waals surface area contributed by atoms with Crippen LogP contribution in [0.1, 0.15) is 6.42 Å². The molecule has 1 N–H and O–H groups in total. The van der Waals surface area contributed by atoms with Gasteiger partial charge >= 0.3 is 5.97 Å². The van der Waals surface area contributed by atoms with Crippen molar-refractivity contribution in [1.29, 1.82) is 0 Å². The van der Waals surface area contributed by atoms with E-state index in [9.17, 15) is 4.79 Å². The smallest absolute Gasteiger partial charge is 0.304 e. The van der Waals surface area contributed by atoms with Crippen molar-refractivity contribution in [1.82, 2.24) is 9.59 Å². The highest BCUT2D eigenvalue weighted by atomic mass is 32.2. The standard InChI is InChI=1S/C9H8N2O2S3/c12-7(13)3-5-15-9-8(16-11-10-9)6-2-1-4-14-6/h1-2,4H,3,5H2,(H,12,13). The molecule has 2 rings (SSSR count). The predicted octanol–water partition coefficient (Wildman–Crippen LogP) is 2.83. The van der Waals surface area contributed by atoms with Gasteiger partial charge in [0.25, 0.3) is 0 Å². The summed E-state index contributed by atoms with van der Waals surface area (Å²) in [6, 6.07) is 3.99. The molecule has 2 heterocycles.